The summed E-state index contributed by atoms with van der Waals surface area (Å²) in [5.41, 5.74) is 2.67. The Morgan fingerprint density at radius 3 is 2.66 bits per heavy atom. The predicted molar refractivity (Wildman–Crippen MR) is 126 cm³/mol. The van der Waals surface area contributed by atoms with Gasteiger partial charge in [-0.2, -0.15) is 13.2 Å². The predicted octanol–water partition coefficient (Wildman–Crippen LogP) is 4.58. The second-order valence-corrected chi connectivity index (χ2v) is 9.96. The van der Waals surface area contributed by atoms with Crippen molar-refractivity contribution in [3.8, 4) is 0 Å². The molecule has 2 aliphatic rings. The smallest absolute Gasteiger partial charge is 0.389 e. The molecule has 0 unspecified atom stereocenters. The molecule has 1 aliphatic carbocycles. The highest BCUT2D eigenvalue weighted by molar-refractivity contribution is 5.78. The van der Waals surface area contributed by atoms with E-state index in [4.69, 9.17) is 4.42 Å². The normalized spacial score (nSPS) is 21.4. The maximum absolute atomic E-state index is 12.5. The first-order valence-electron chi connectivity index (χ1n) is 12.7. The van der Waals surface area contributed by atoms with E-state index in [9.17, 15) is 18.0 Å². The summed E-state index contributed by atoms with van der Waals surface area (Å²) < 4.78 is 43.0. The second kappa shape index (κ2) is 11.5. The molecule has 35 heavy (non-hydrogen) atoms. The average Bonchev–Trinajstić information content (AvgIpc) is 3.10. The molecule has 2 aromatic heterocycles. The molecule has 0 radical (unpaired) electrons. The van der Waals surface area contributed by atoms with Crippen molar-refractivity contribution in [3.63, 3.8) is 0 Å². The van der Waals surface area contributed by atoms with Gasteiger partial charge >= 0.3 is 6.18 Å². The number of nitrogens with zero attached hydrogens (tertiary/aromatic N) is 3. The van der Waals surface area contributed by atoms with Crippen molar-refractivity contribution in [3.05, 3.63) is 46.9 Å². The Morgan fingerprint density at radius 1 is 1.17 bits per heavy atom. The minimum Gasteiger partial charge on any atom is -0.446 e. The minimum absolute atomic E-state index is 0.0103. The van der Waals surface area contributed by atoms with Crippen LogP contribution >= 0.6 is 0 Å². The van der Waals surface area contributed by atoms with Gasteiger partial charge in [-0.1, -0.05) is 6.07 Å². The van der Waals surface area contributed by atoms with Crippen molar-refractivity contribution in [1.82, 2.24) is 20.2 Å². The van der Waals surface area contributed by atoms with E-state index < -0.39 is 12.6 Å². The van der Waals surface area contributed by atoms with Crippen molar-refractivity contribution in [2.75, 3.05) is 19.6 Å². The number of carbonyl (C=O) groups is 1. The third-order valence-corrected chi connectivity index (χ3v) is 7.22. The van der Waals surface area contributed by atoms with Gasteiger partial charge in [0.1, 0.15) is 5.76 Å². The number of fused-ring (bicyclic) bond motifs is 1. The summed E-state index contributed by atoms with van der Waals surface area (Å²) in [7, 11) is 0. The Bertz CT molecular complexity index is 983. The van der Waals surface area contributed by atoms with Gasteiger partial charge in [-0.05, 0) is 69.0 Å². The molecule has 1 amide bonds. The van der Waals surface area contributed by atoms with E-state index in [1.807, 2.05) is 6.07 Å². The second-order valence-electron chi connectivity index (χ2n) is 9.96. The van der Waals surface area contributed by atoms with E-state index in [1.165, 1.54) is 5.56 Å². The van der Waals surface area contributed by atoms with Crippen LogP contribution in [0.15, 0.2) is 22.7 Å². The molecule has 0 bridgehead atoms. The van der Waals surface area contributed by atoms with Crippen LogP contribution in [-0.2, 0) is 30.5 Å². The molecule has 6 nitrogen and oxygen atoms in total. The average molecular weight is 493 g/mol. The molecule has 2 aromatic rings. The molecule has 1 N–H and O–H groups in total. The fourth-order valence-corrected chi connectivity index (χ4v) is 5.19. The third-order valence-electron chi connectivity index (χ3n) is 7.22. The number of nitrogens with one attached hydrogen (secondary N) is 1. The lowest BCUT2D eigenvalue weighted by atomic mass is 9.84. The van der Waals surface area contributed by atoms with Gasteiger partial charge in [0.15, 0.2) is 5.89 Å². The summed E-state index contributed by atoms with van der Waals surface area (Å²) in [6.45, 7) is 4.66. The zero-order chi connectivity index (χ0) is 24.8. The summed E-state index contributed by atoms with van der Waals surface area (Å²) >= 11 is 0. The molecule has 1 aliphatic heterocycles. The van der Waals surface area contributed by atoms with Crippen molar-refractivity contribution < 1.29 is 22.4 Å². The maximum Gasteiger partial charge on any atom is 0.389 e. The van der Waals surface area contributed by atoms with Crippen LogP contribution in [0.1, 0.15) is 67.1 Å². The van der Waals surface area contributed by atoms with Crippen molar-refractivity contribution in [2.24, 2.45) is 5.92 Å². The number of amides is 1. The molecule has 3 heterocycles. The highest BCUT2D eigenvalue weighted by atomic mass is 19.4. The molecule has 0 atom stereocenters. The van der Waals surface area contributed by atoms with E-state index in [-0.39, 0.29) is 24.8 Å². The topological polar surface area (TPSA) is 71.3 Å². The molecular formula is C26H35F3N4O2. The number of rotatable bonds is 8. The summed E-state index contributed by atoms with van der Waals surface area (Å²) in [6, 6.07) is 3.95. The van der Waals surface area contributed by atoms with Gasteiger partial charge in [0.25, 0.3) is 0 Å². The van der Waals surface area contributed by atoms with Crippen molar-refractivity contribution >= 4 is 5.91 Å². The molecule has 0 saturated heterocycles. The quantitative estimate of drug-likeness (QED) is 0.584. The minimum atomic E-state index is -4.15. The first kappa shape index (κ1) is 25.7. The summed E-state index contributed by atoms with van der Waals surface area (Å²) in [5.74, 6) is 1.83. The molecule has 0 aromatic carbocycles. The fourth-order valence-electron chi connectivity index (χ4n) is 5.19. The SMILES string of the molecule is Cc1ncc(CC(=O)NC2CCC(CCN3CCc4ccc(CCC(F)(F)F)nc4CC3)CC2)o1. The molecule has 4 rings (SSSR count). The first-order valence-corrected chi connectivity index (χ1v) is 12.7. The number of hydrogen-bond donors (Lipinski definition) is 1. The van der Waals surface area contributed by atoms with Crippen LogP contribution in [0.4, 0.5) is 13.2 Å². The van der Waals surface area contributed by atoms with Crippen LogP contribution in [0.3, 0.4) is 0 Å². The lowest BCUT2D eigenvalue weighted by Crippen LogP contribution is -2.39. The highest BCUT2D eigenvalue weighted by Gasteiger charge is 2.27. The Labute approximate surface area is 204 Å². The lowest BCUT2D eigenvalue weighted by molar-refractivity contribution is -0.134. The molecule has 192 valence electrons. The standard InChI is InChI=1S/C26H35F3N4O2/c1-18-30-17-23(35-18)16-25(34)32-21-5-2-19(3-6-21)9-13-33-14-10-20-4-7-22(8-12-26(27,28)29)31-24(20)11-15-33/h4,7,17,19,21H,2-3,5-6,8-16H2,1H3,(H,32,34). The molecule has 1 fully saturated rings. The zero-order valence-corrected chi connectivity index (χ0v) is 20.4. The Morgan fingerprint density at radius 2 is 1.94 bits per heavy atom. The van der Waals surface area contributed by atoms with Gasteiger partial charge in [0, 0.05) is 50.3 Å². The first-order chi connectivity index (χ1) is 16.7. The number of halogens is 3. The molecule has 9 heteroatoms. The number of aromatic nitrogens is 2. The van der Waals surface area contributed by atoms with E-state index >= 15 is 0 Å². The Kier molecular flexibility index (Phi) is 8.46. The van der Waals surface area contributed by atoms with E-state index in [0.717, 1.165) is 70.3 Å². The molecule has 0 spiro atoms. The van der Waals surface area contributed by atoms with Crippen LogP contribution in [0.25, 0.3) is 0 Å². The van der Waals surface area contributed by atoms with Crippen molar-refractivity contribution in [2.45, 2.75) is 83.4 Å². The number of aryl methyl sites for hydroxylation is 2. The van der Waals surface area contributed by atoms with Crippen LogP contribution in [0.2, 0.25) is 0 Å². The molecule has 1 saturated carbocycles. The number of pyridine rings is 1. The van der Waals surface area contributed by atoms with Gasteiger partial charge < -0.3 is 14.6 Å². The monoisotopic (exact) mass is 492 g/mol. The fraction of sp³-hybridized carbons (Fsp3) is 0.654. The molecular weight excluding hydrogens is 457 g/mol. The summed E-state index contributed by atoms with van der Waals surface area (Å²) in [6.07, 6.45) is 3.88. The number of oxazole rings is 1. The van der Waals surface area contributed by atoms with E-state index in [1.54, 1.807) is 19.2 Å². The largest absolute Gasteiger partial charge is 0.446 e. The summed E-state index contributed by atoms with van der Waals surface area (Å²) in [5, 5.41) is 3.14. The Balaban J connectivity index is 1.16. The van der Waals surface area contributed by atoms with Crippen LogP contribution in [-0.4, -0.2) is 52.6 Å². The maximum atomic E-state index is 12.5. The van der Waals surface area contributed by atoms with Gasteiger partial charge in [0.2, 0.25) is 5.91 Å². The number of carbonyl (C=O) groups excluding carboxylic acids is 1. The summed E-state index contributed by atoms with van der Waals surface area (Å²) in [4.78, 5) is 23.3. The third kappa shape index (κ3) is 8.05. The number of alkyl halides is 3. The highest BCUT2D eigenvalue weighted by Crippen LogP contribution is 2.28. The number of hydrogen-bond acceptors (Lipinski definition) is 5. The Hall–Kier alpha value is -2.42. The van der Waals surface area contributed by atoms with Gasteiger partial charge in [-0.15, -0.1) is 0 Å². The van der Waals surface area contributed by atoms with E-state index in [0.29, 0.717) is 23.3 Å². The van der Waals surface area contributed by atoms with Crippen molar-refractivity contribution in [1.29, 1.82) is 0 Å². The zero-order valence-electron chi connectivity index (χ0n) is 20.4. The van der Waals surface area contributed by atoms with Gasteiger partial charge in [0.05, 0.1) is 12.6 Å². The van der Waals surface area contributed by atoms with Crippen LogP contribution < -0.4 is 5.32 Å². The van der Waals surface area contributed by atoms with Crippen LogP contribution in [0.5, 0.6) is 0 Å². The van der Waals surface area contributed by atoms with Gasteiger partial charge in [-0.3, -0.25) is 9.78 Å². The van der Waals surface area contributed by atoms with Crippen LogP contribution in [0, 0.1) is 12.8 Å². The van der Waals surface area contributed by atoms with Gasteiger partial charge in [-0.25, -0.2) is 4.98 Å². The lowest BCUT2D eigenvalue weighted by Gasteiger charge is -2.30. The van der Waals surface area contributed by atoms with E-state index in [2.05, 4.69) is 20.2 Å².